The molecule has 0 bridgehead atoms. The second-order valence-electron chi connectivity index (χ2n) is 4.47. The van der Waals surface area contributed by atoms with E-state index in [9.17, 15) is 13.2 Å². The summed E-state index contributed by atoms with van der Waals surface area (Å²) in [5.41, 5.74) is 6.27. The lowest BCUT2D eigenvalue weighted by Crippen LogP contribution is -2.40. The molecule has 5 N–H and O–H groups in total. The summed E-state index contributed by atoms with van der Waals surface area (Å²) in [5, 5.41) is 7.61. The van der Waals surface area contributed by atoms with Crippen molar-refractivity contribution in [1.29, 1.82) is 0 Å². The van der Waals surface area contributed by atoms with Gasteiger partial charge in [-0.15, -0.1) is 0 Å². The first-order chi connectivity index (χ1) is 8.75. The highest BCUT2D eigenvalue weighted by molar-refractivity contribution is 7.89. The number of benzene rings is 1. The Morgan fingerprint density at radius 2 is 1.84 bits per heavy atom. The lowest BCUT2D eigenvalue weighted by molar-refractivity contribution is -0.118. The number of carbonyl (C=O) groups excluding carboxylic acids is 1. The van der Waals surface area contributed by atoms with E-state index in [-0.39, 0.29) is 16.7 Å². The number of hydrogen-bond donors (Lipinski definition) is 3. The molecule has 0 aromatic heterocycles. The topological polar surface area (TPSA) is 115 Å². The minimum absolute atomic E-state index is 0.00303. The zero-order valence-corrected chi connectivity index (χ0v) is 11.8. The van der Waals surface area contributed by atoms with Crippen LogP contribution in [0.4, 0.5) is 5.69 Å². The van der Waals surface area contributed by atoms with Gasteiger partial charge in [0.15, 0.2) is 0 Å². The average Bonchev–Trinajstić information content (AvgIpc) is 2.36. The van der Waals surface area contributed by atoms with Crippen molar-refractivity contribution in [2.45, 2.75) is 31.2 Å². The second kappa shape index (κ2) is 6.14. The summed E-state index contributed by atoms with van der Waals surface area (Å²) < 4.78 is 22.1. The zero-order chi connectivity index (χ0) is 14.6. The Labute approximate surface area is 113 Å². The van der Waals surface area contributed by atoms with E-state index in [1.54, 1.807) is 0 Å². The number of nitrogens with one attached hydrogen (secondary N) is 1. The molecule has 106 valence electrons. The number of nitrogens with two attached hydrogens (primary N) is 2. The molecule has 0 radical (unpaired) electrons. The highest BCUT2D eigenvalue weighted by Crippen LogP contribution is 2.14. The lowest BCUT2D eigenvalue weighted by atomic mass is 9.99. The minimum atomic E-state index is -3.72. The van der Waals surface area contributed by atoms with E-state index in [1.807, 2.05) is 13.8 Å². The summed E-state index contributed by atoms with van der Waals surface area (Å²) in [6, 6.07) is 5.02. The van der Waals surface area contributed by atoms with Crippen LogP contribution in [-0.2, 0) is 14.8 Å². The van der Waals surface area contributed by atoms with Gasteiger partial charge < -0.3 is 11.1 Å². The van der Waals surface area contributed by atoms with Crippen LogP contribution in [0.1, 0.15) is 20.3 Å². The maximum Gasteiger partial charge on any atom is 0.241 e. The average molecular weight is 285 g/mol. The highest BCUT2D eigenvalue weighted by atomic mass is 32.2. The molecule has 0 aliphatic rings. The fraction of sp³-hybridized carbons (Fsp3) is 0.417. The summed E-state index contributed by atoms with van der Waals surface area (Å²) in [4.78, 5) is 11.8. The summed E-state index contributed by atoms with van der Waals surface area (Å²) in [7, 11) is -3.72. The Hall–Kier alpha value is -1.44. The standard InChI is InChI=1S/C12H19N3O3S/c1-3-8(2)11(13)12(16)15-9-4-6-10(7-5-9)19(14,17)18/h4-8,11H,3,13H2,1-2H3,(H,15,16)(H2,14,17,18)/t8?,11-/m0/s1. The first kappa shape index (κ1) is 15.6. The van der Waals surface area contributed by atoms with Crippen LogP contribution in [0.3, 0.4) is 0 Å². The Balaban J connectivity index is 2.76. The van der Waals surface area contributed by atoms with E-state index in [0.29, 0.717) is 5.69 Å². The quantitative estimate of drug-likeness (QED) is 0.736. The van der Waals surface area contributed by atoms with Crippen molar-refractivity contribution in [3.8, 4) is 0 Å². The van der Waals surface area contributed by atoms with E-state index in [4.69, 9.17) is 10.9 Å². The third-order valence-electron chi connectivity index (χ3n) is 3.01. The van der Waals surface area contributed by atoms with Crippen molar-refractivity contribution in [2.24, 2.45) is 16.8 Å². The number of carbonyl (C=O) groups is 1. The molecule has 0 fully saturated rings. The van der Waals surface area contributed by atoms with Crippen molar-refractivity contribution < 1.29 is 13.2 Å². The molecular formula is C12H19N3O3S. The molecule has 2 atom stereocenters. The fourth-order valence-corrected chi connectivity index (χ4v) is 1.98. The van der Waals surface area contributed by atoms with Gasteiger partial charge in [-0.25, -0.2) is 13.6 Å². The van der Waals surface area contributed by atoms with Crippen LogP contribution >= 0.6 is 0 Å². The monoisotopic (exact) mass is 285 g/mol. The summed E-state index contributed by atoms with van der Waals surface area (Å²) in [5.74, 6) is -0.221. The number of primary sulfonamides is 1. The molecular weight excluding hydrogens is 266 g/mol. The van der Waals surface area contributed by atoms with E-state index in [0.717, 1.165) is 6.42 Å². The third kappa shape index (κ3) is 4.30. The summed E-state index contributed by atoms with van der Waals surface area (Å²) in [6.45, 7) is 3.85. The Kier molecular flexibility index (Phi) is 5.04. The van der Waals surface area contributed by atoms with Crippen LogP contribution in [0, 0.1) is 5.92 Å². The number of sulfonamides is 1. The molecule has 1 unspecified atom stereocenters. The molecule has 7 heteroatoms. The summed E-state index contributed by atoms with van der Waals surface area (Å²) in [6.07, 6.45) is 0.805. The van der Waals surface area contributed by atoms with Crippen LogP contribution in [0.5, 0.6) is 0 Å². The van der Waals surface area contributed by atoms with Crippen LogP contribution in [0.15, 0.2) is 29.2 Å². The van der Waals surface area contributed by atoms with Crippen molar-refractivity contribution in [2.75, 3.05) is 5.32 Å². The van der Waals surface area contributed by atoms with Gasteiger partial charge in [0.2, 0.25) is 15.9 Å². The summed E-state index contributed by atoms with van der Waals surface area (Å²) >= 11 is 0. The van der Waals surface area contributed by atoms with Gasteiger partial charge in [-0.1, -0.05) is 20.3 Å². The van der Waals surface area contributed by atoms with Gasteiger partial charge in [0.25, 0.3) is 0 Å². The first-order valence-corrected chi connectivity index (χ1v) is 7.49. The van der Waals surface area contributed by atoms with Crippen molar-refractivity contribution in [1.82, 2.24) is 0 Å². The Morgan fingerprint density at radius 1 is 1.32 bits per heavy atom. The van der Waals surface area contributed by atoms with E-state index >= 15 is 0 Å². The SMILES string of the molecule is CCC(C)[C@H](N)C(=O)Nc1ccc(S(N)(=O)=O)cc1. The van der Waals surface area contributed by atoms with Gasteiger partial charge in [-0.2, -0.15) is 0 Å². The second-order valence-corrected chi connectivity index (χ2v) is 6.03. The minimum Gasteiger partial charge on any atom is -0.325 e. The molecule has 0 saturated heterocycles. The van der Waals surface area contributed by atoms with Crippen LogP contribution in [0.2, 0.25) is 0 Å². The number of anilines is 1. The molecule has 1 aromatic carbocycles. The zero-order valence-electron chi connectivity index (χ0n) is 11.0. The maximum atomic E-state index is 11.8. The molecule has 0 saturated carbocycles. The van der Waals surface area contributed by atoms with Gasteiger partial charge in [-0.05, 0) is 30.2 Å². The lowest BCUT2D eigenvalue weighted by Gasteiger charge is -2.17. The predicted octanol–water partition coefficient (Wildman–Crippen LogP) is 0.646. The first-order valence-electron chi connectivity index (χ1n) is 5.95. The Morgan fingerprint density at radius 3 is 2.26 bits per heavy atom. The van der Waals surface area contributed by atoms with Crippen molar-refractivity contribution >= 4 is 21.6 Å². The molecule has 0 aliphatic heterocycles. The highest BCUT2D eigenvalue weighted by Gasteiger charge is 2.19. The fourth-order valence-electron chi connectivity index (χ4n) is 1.47. The normalized spacial score (nSPS) is 14.7. The third-order valence-corrected chi connectivity index (χ3v) is 3.94. The molecule has 1 aromatic rings. The number of amides is 1. The molecule has 19 heavy (non-hydrogen) atoms. The maximum absolute atomic E-state index is 11.8. The number of hydrogen-bond acceptors (Lipinski definition) is 4. The van der Waals surface area contributed by atoms with Crippen LogP contribution in [-0.4, -0.2) is 20.4 Å². The molecule has 0 aliphatic carbocycles. The van der Waals surface area contributed by atoms with Gasteiger partial charge in [0, 0.05) is 5.69 Å². The Bertz CT molecular complexity index is 540. The van der Waals surface area contributed by atoms with E-state index < -0.39 is 16.1 Å². The number of rotatable bonds is 5. The van der Waals surface area contributed by atoms with Gasteiger partial charge in [-0.3, -0.25) is 4.79 Å². The van der Waals surface area contributed by atoms with E-state index in [1.165, 1.54) is 24.3 Å². The predicted molar refractivity (Wildman–Crippen MR) is 73.9 cm³/mol. The van der Waals surface area contributed by atoms with Crippen molar-refractivity contribution in [3.05, 3.63) is 24.3 Å². The van der Waals surface area contributed by atoms with Gasteiger partial charge >= 0.3 is 0 Å². The van der Waals surface area contributed by atoms with Crippen molar-refractivity contribution in [3.63, 3.8) is 0 Å². The van der Waals surface area contributed by atoms with Gasteiger partial charge in [0.05, 0.1) is 10.9 Å². The smallest absolute Gasteiger partial charge is 0.241 e. The molecule has 1 rings (SSSR count). The molecule has 0 spiro atoms. The van der Waals surface area contributed by atoms with Crippen LogP contribution in [0.25, 0.3) is 0 Å². The van der Waals surface area contributed by atoms with Gasteiger partial charge in [0.1, 0.15) is 0 Å². The largest absolute Gasteiger partial charge is 0.325 e. The molecule has 0 heterocycles. The van der Waals surface area contributed by atoms with E-state index in [2.05, 4.69) is 5.32 Å². The molecule has 6 nitrogen and oxygen atoms in total. The molecule has 1 amide bonds. The van der Waals surface area contributed by atoms with Crippen LogP contribution < -0.4 is 16.2 Å².